The summed E-state index contributed by atoms with van der Waals surface area (Å²) in [6, 6.07) is 0. The molecule has 1 atom stereocenters. The lowest BCUT2D eigenvalue weighted by atomic mass is 10.0. The van der Waals surface area contributed by atoms with Gasteiger partial charge in [0, 0.05) is 9.84 Å². The minimum Gasteiger partial charge on any atom is -0.487 e. The van der Waals surface area contributed by atoms with E-state index in [0.29, 0.717) is 3.42 Å². The molecule has 1 heterocycles. The van der Waals surface area contributed by atoms with E-state index in [4.69, 9.17) is 17.0 Å². The van der Waals surface area contributed by atoms with E-state index in [1.807, 2.05) is 0 Å². The molecular formula is C6H9IOS. The van der Waals surface area contributed by atoms with E-state index < -0.39 is 0 Å². The number of rotatable bonds is 0. The maximum atomic E-state index is 5.14. The molecule has 3 heteroatoms. The Kier molecular flexibility index (Phi) is 2.32. The van der Waals surface area contributed by atoms with Crippen LogP contribution in [0, 0.1) is 0 Å². The van der Waals surface area contributed by atoms with Crippen LogP contribution in [-0.4, -0.2) is 15.1 Å². The molecule has 1 fully saturated rings. The maximum Gasteiger partial charge on any atom is 0.160 e. The lowest BCUT2D eigenvalue weighted by Crippen LogP contribution is -2.28. The fourth-order valence-electron chi connectivity index (χ4n) is 0.818. The Hall–Kier alpha value is 0.620. The zero-order valence-corrected chi connectivity index (χ0v) is 8.29. The molecule has 1 aliphatic heterocycles. The van der Waals surface area contributed by atoms with Crippen molar-refractivity contribution in [1.82, 2.24) is 0 Å². The highest BCUT2D eigenvalue weighted by molar-refractivity contribution is 14.1. The zero-order valence-electron chi connectivity index (χ0n) is 5.32. The standard InChI is InChI=1S/C6H9IOS/c1-6(7)2-3-8-5(9)4-6/h2-4H2,1H3. The normalized spacial score (nSPS) is 36.0. The Morgan fingerprint density at radius 3 is 2.78 bits per heavy atom. The Morgan fingerprint density at radius 2 is 2.44 bits per heavy atom. The molecule has 0 aromatic carbocycles. The summed E-state index contributed by atoms with van der Waals surface area (Å²) < 4.78 is 5.49. The predicted molar refractivity (Wildman–Crippen MR) is 50.2 cm³/mol. The average Bonchev–Trinajstić information content (AvgIpc) is 1.60. The molecule has 9 heavy (non-hydrogen) atoms. The first-order chi connectivity index (χ1) is 4.10. The first kappa shape index (κ1) is 7.72. The summed E-state index contributed by atoms with van der Waals surface area (Å²) in [6.45, 7) is 3.01. The molecule has 0 saturated carbocycles. The van der Waals surface area contributed by atoms with Crippen LogP contribution in [0.4, 0.5) is 0 Å². The zero-order chi connectivity index (χ0) is 6.91. The van der Waals surface area contributed by atoms with Crippen LogP contribution >= 0.6 is 34.8 Å². The molecule has 1 nitrogen and oxygen atoms in total. The van der Waals surface area contributed by atoms with Gasteiger partial charge in [0.2, 0.25) is 0 Å². The summed E-state index contributed by atoms with van der Waals surface area (Å²) in [5.74, 6) is 0. The van der Waals surface area contributed by atoms with Gasteiger partial charge in [0.25, 0.3) is 0 Å². The van der Waals surface area contributed by atoms with Crippen molar-refractivity contribution in [1.29, 1.82) is 0 Å². The van der Waals surface area contributed by atoms with E-state index >= 15 is 0 Å². The molecule has 0 aromatic heterocycles. The average molecular weight is 256 g/mol. The molecule has 0 aliphatic carbocycles. The summed E-state index contributed by atoms with van der Waals surface area (Å²) in [5.41, 5.74) is 0. The van der Waals surface area contributed by atoms with Crippen LogP contribution < -0.4 is 0 Å². The summed E-state index contributed by atoms with van der Waals surface area (Å²) in [4.78, 5) is 0. The van der Waals surface area contributed by atoms with E-state index in [0.717, 1.165) is 24.5 Å². The number of alkyl halides is 1. The molecule has 1 rings (SSSR count). The number of ether oxygens (including phenoxy) is 1. The topological polar surface area (TPSA) is 9.23 Å². The van der Waals surface area contributed by atoms with Crippen molar-refractivity contribution in [3.05, 3.63) is 0 Å². The van der Waals surface area contributed by atoms with Crippen LogP contribution in [-0.2, 0) is 4.74 Å². The highest BCUT2D eigenvalue weighted by Crippen LogP contribution is 2.30. The highest BCUT2D eigenvalue weighted by Gasteiger charge is 2.26. The van der Waals surface area contributed by atoms with Gasteiger partial charge in [0.05, 0.1) is 6.61 Å². The van der Waals surface area contributed by atoms with Gasteiger partial charge in [0.1, 0.15) is 0 Å². The third-order valence-corrected chi connectivity index (χ3v) is 2.58. The van der Waals surface area contributed by atoms with E-state index in [2.05, 4.69) is 29.5 Å². The second-order valence-electron chi connectivity index (χ2n) is 2.56. The van der Waals surface area contributed by atoms with Crippen LogP contribution in [0.3, 0.4) is 0 Å². The van der Waals surface area contributed by atoms with Crippen molar-refractivity contribution in [3.63, 3.8) is 0 Å². The number of hydrogen-bond acceptors (Lipinski definition) is 2. The first-order valence-electron chi connectivity index (χ1n) is 2.95. The quantitative estimate of drug-likeness (QED) is 0.373. The fraction of sp³-hybridized carbons (Fsp3) is 0.833. The van der Waals surface area contributed by atoms with Crippen molar-refractivity contribution in [3.8, 4) is 0 Å². The molecule has 0 bridgehead atoms. The molecule has 0 aromatic rings. The van der Waals surface area contributed by atoms with Crippen LogP contribution in [0.2, 0.25) is 0 Å². The van der Waals surface area contributed by atoms with Crippen LogP contribution in [0.5, 0.6) is 0 Å². The van der Waals surface area contributed by atoms with Gasteiger partial charge in [0.15, 0.2) is 5.05 Å². The molecular weight excluding hydrogens is 247 g/mol. The van der Waals surface area contributed by atoms with Gasteiger partial charge in [-0.05, 0) is 25.6 Å². The second-order valence-corrected chi connectivity index (χ2v) is 5.62. The van der Waals surface area contributed by atoms with Gasteiger partial charge >= 0.3 is 0 Å². The van der Waals surface area contributed by atoms with Crippen LogP contribution in [0.1, 0.15) is 19.8 Å². The van der Waals surface area contributed by atoms with E-state index in [9.17, 15) is 0 Å². The highest BCUT2D eigenvalue weighted by atomic mass is 127. The minimum absolute atomic E-state index is 0.354. The molecule has 52 valence electrons. The molecule has 0 spiro atoms. The summed E-state index contributed by atoms with van der Waals surface area (Å²) in [6.07, 6.45) is 2.05. The Labute approximate surface area is 74.3 Å². The number of hydrogen-bond donors (Lipinski definition) is 0. The molecule has 1 saturated heterocycles. The summed E-state index contributed by atoms with van der Waals surface area (Å²) in [5, 5.41) is 0.776. The Morgan fingerprint density at radius 1 is 1.78 bits per heavy atom. The van der Waals surface area contributed by atoms with Gasteiger partial charge in [-0.25, -0.2) is 0 Å². The fourth-order valence-corrected chi connectivity index (χ4v) is 2.05. The minimum atomic E-state index is 0.354. The van der Waals surface area contributed by atoms with Crippen molar-refractivity contribution >= 4 is 39.9 Å². The van der Waals surface area contributed by atoms with Gasteiger partial charge in [-0.3, -0.25) is 0 Å². The first-order valence-corrected chi connectivity index (χ1v) is 4.43. The SMILES string of the molecule is CC1(I)CCOC(=S)C1. The monoisotopic (exact) mass is 256 g/mol. The maximum absolute atomic E-state index is 5.14. The molecule has 0 amide bonds. The second kappa shape index (κ2) is 2.70. The molecule has 1 aliphatic rings. The van der Waals surface area contributed by atoms with Crippen molar-refractivity contribution in [2.75, 3.05) is 6.61 Å². The summed E-state index contributed by atoms with van der Waals surface area (Å²) >= 11 is 7.37. The molecule has 1 unspecified atom stereocenters. The van der Waals surface area contributed by atoms with Crippen LogP contribution in [0.15, 0.2) is 0 Å². The third kappa shape index (κ3) is 2.37. The van der Waals surface area contributed by atoms with Gasteiger partial charge in [-0.2, -0.15) is 0 Å². The van der Waals surface area contributed by atoms with E-state index in [1.54, 1.807) is 0 Å². The largest absolute Gasteiger partial charge is 0.487 e. The molecule has 0 N–H and O–H groups in total. The van der Waals surface area contributed by atoms with Gasteiger partial charge < -0.3 is 4.74 Å². The van der Waals surface area contributed by atoms with Crippen molar-refractivity contribution < 1.29 is 4.74 Å². The Bertz CT molecular complexity index is 133. The lowest BCUT2D eigenvalue weighted by molar-refractivity contribution is 0.253. The van der Waals surface area contributed by atoms with E-state index in [1.165, 1.54) is 0 Å². The number of halogens is 1. The predicted octanol–water partition coefficient (Wildman–Crippen LogP) is 2.32. The van der Waals surface area contributed by atoms with E-state index in [-0.39, 0.29) is 0 Å². The summed E-state index contributed by atoms with van der Waals surface area (Å²) in [7, 11) is 0. The van der Waals surface area contributed by atoms with Gasteiger partial charge in [-0.1, -0.05) is 22.6 Å². The van der Waals surface area contributed by atoms with Crippen molar-refractivity contribution in [2.24, 2.45) is 0 Å². The smallest absolute Gasteiger partial charge is 0.160 e. The van der Waals surface area contributed by atoms with Gasteiger partial charge in [-0.15, -0.1) is 0 Å². The van der Waals surface area contributed by atoms with Crippen LogP contribution in [0.25, 0.3) is 0 Å². The van der Waals surface area contributed by atoms with Crippen molar-refractivity contribution in [2.45, 2.75) is 23.2 Å². The Balaban J connectivity index is 2.51. The number of thiocarbonyl (C=S) groups is 1. The lowest BCUT2D eigenvalue weighted by Gasteiger charge is -2.27. The molecule has 0 radical (unpaired) electrons. The third-order valence-electron chi connectivity index (χ3n) is 1.40.